The van der Waals surface area contributed by atoms with E-state index < -0.39 is 5.97 Å². The molecule has 112 valence electrons. The van der Waals surface area contributed by atoms with Gasteiger partial charge in [0, 0.05) is 23.7 Å². The highest BCUT2D eigenvalue weighted by molar-refractivity contribution is 7.99. The lowest BCUT2D eigenvalue weighted by Gasteiger charge is -2.21. The van der Waals surface area contributed by atoms with Crippen molar-refractivity contribution in [3.05, 3.63) is 35.6 Å². The molecule has 0 bridgehead atoms. The standard InChI is InChI=1S/C16H19NO3S/c18-16(19)15-8-12-7-11(4-5-14(12)20-15)9-17-10-13-3-1-2-6-21-13/h4-5,7-8,13,17H,1-3,6,9-10H2,(H,18,19). The quantitative estimate of drug-likeness (QED) is 0.885. The number of carbonyl (C=O) groups is 1. The fourth-order valence-corrected chi connectivity index (χ4v) is 3.93. The van der Waals surface area contributed by atoms with Crippen molar-refractivity contribution in [1.82, 2.24) is 5.32 Å². The van der Waals surface area contributed by atoms with Crippen LogP contribution in [-0.2, 0) is 6.54 Å². The molecular weight excluding hydrogens is 286 g/mol. The average Bonchev–Trinajstić information content (AvgIpc) is 2.92. The zero-order chi connectivity index (χ0) is 14.7. The molecule has 0 spiro atoms. The molecule has 4 nitrogen and oxygen atoms in total. The van der Waals surface area contributed by atoms with Crippen LogP contribution in [0.4, 0.5) is 0 Å². The highest BCUT2D eigenvalue weighted by Gasteiger charge is 2.13. The van der Waals surface area contributed by atoms with E-state index in [0.29, 0.717) is 5.58 Å². The van der Waals surface area contributed by atoms with Crippen LogP contribution in [0.1, 0.15) is 35.4 Å². The average molecular weight is 305 g/mol. The number of furan rings is 1. The van der Waals surface area contributed by atoms with Gasteiger partial charge in [0.2, 0.25) is 5.76 Å². The van der Waals surface area contributed by atoms with E-state index in [1.807, 2.05) is 18.2 Å². The first kappa shape index (κ1) is 14.5. The second kappa shape index (κ2) is 6.54. The molecule has 3 rings (SSSR count). The first-order valence-electron chi connectivity index (χ1n) is 7.30. The van der Waals surface area contributed by atoms with Crippen molar-refractivity contribution in [2.45, 2.75) is 31.1 Å². The molecule has 2 N–H and O–H groups in total. The molecule has 0 saturated carbocycles. The van der Waals surface area contributed by atoms with Crippen LogP contribution in [0.15, 0.2) is 28.7 Å². The van der Waals surface area contributed by atoms with Crippen LogP contribution >= 0.6 is 11.8 Å². The van der Waals surface area contributed by atoms with Gasteiger partial charge in [0.05, 0.1) is 0 Å². The van der Waals surface area contributed by atoms with E-state index in [1.165, 1.54) is 25.0 Å². The molecule has 1 aromatic heterocycles. The summed E-state index contributed by atoms with van der Waals surface area (Å²) < 4.78 is 5.26. The molecule has 1 aromatic carbocycles. The maximum absolute atomic E-state index is 10.9. The summed E-state index contributed by atoms with van der Waals surface area (Å²) in [7, 11) is 0. The van der Waals surface area contributed by atoms with E-state index in [4.69, 9.17) is 9.52 Å². The smallest absolute Gasteiger partial charge is 0.371 e. The third kappa shape index (κ3) is 3.60. The highest BCUT2D eigenvalue weighted by atomic mass is 32.2. The van der Waals surface area contributed by atoms with Crippen molar-refractivity contribution in [3.8, 4) is 0 Å². The summed E-state index contributed by atoms with van der Waals surface area (Å²) in [5.74, 6) is 0.250. The van der Waals surface area contributed by atoms with Crippen molar-refractivity contribution < 1.29 is 14.3 Å². The van der Waals surface area contributed by atoms with Gasteiger partial charge in [-0.25, -0.2) is 4.79 Å². The number of aromatic carboxylic acids is 1. The minimum Gasteiger partial charge on any atom is -0.475 e. The van der Waals surface area contributed by atoms with Gasteiger partial charge in [-0.2, -0.15) is 11.8 Å². The van der Waals surface area contributed by atoms with Crippen LogP contribution in [0.3, 0.4) is 0 Å². The zero-order valence-corrected chi connectivity index (χ0v) is 12.6. The van der Waals surface area contributed by atoms with Crippen LogP contribution in [0.2, 0.25) is 0 Å². The molecule has 2 heterocycles. The molecule has 1 atom stereocenters. The predicted octanol–water partition coefficient (Wildman–Crippen LogP) is 3.51. The Kier molecular flexibility index (Phi) is 4.51. The Morgan fingerprint density at radius 1 is 1.38 bits per heavy atom. The lowest BCUT2D eigenvalue weighted by molar-refractivity contribution is 0.0665. The fourth-order valence-electron chi connectivity index (χ4n) is 2.65. The summed E-state index contributed by atoms with van der Waals surface area (Å²) in [5, 5.41) is 14.0. The Labute approximate surface area is 127 Å². The number of fused-ring (bicyclic) bond motifs is 1. The van der Waals surface area contributed by atoms with Gasteiger partial charge >= 0.3 is 5.97 Å². The normalized spacial score (nSPS) is 19.0. The largest absolute Gasteiger partial charge is 0.475 e. The van der Waals surface area contributed by atoms with Gasteiger partial charge in [0.15, 0.2) is 0 Å². The van der Waals surface area contributed by atoms with Gasteiger partial charge in [-0.15, -0.1) is 0 Å². The van der Waals surface area contributed by atoms with E-state index in [-0.39, 0.29) is 5.76 Å². The number of hydrogen-bond acceptors (Lipinski definition) is 4. The minimum absolute atomic E-state index is 0.00582. The van der Waals surface area contributed by atoms with Crippen LogP contribution in [0.25, 0.3) is 11.0 Å². The molecule has 5 heteroatoms. The van der Waals surface area contributed by atoms with Crippen LogP contribution < -0.4 is 5.32 Å². The van der Waals surface area contributed by atoms with Crippen molar-refractivity contribution in [2.75, 3.05) is 12.3 Å². The Bertz CT molecular complexity index is 631. The van der Waals surface area contributed by atoms with Gasteiger partial charge in [0.1, 0.15) is 5.58 Å². The van der Waals surface area contributed by atoms with Gasteiger partial charge < -0.3 is 14.8 Å². The number of nitrogens with one attached hydrogen (secondary N) is 1. The molecule has 2 aromatic rings. The van der Waals surface area contributed by atoms with Crippen molar-refractivity contribution in [3.63, 3.8) is 0 Å². The second-order valence-electron chi connectivity index (χ2n) is 5.41. The van der Waals surface area contributed by atoms with E-state index in [1.54, 1.807) is 6.07 Å². The number of rotatable bonds is 5. The van der Waals surface area contributed by atoms with Crippen molar-refractivity contribution in [1.29, 1.82) is 0 Å². The lowest BCUT2D eigenvalue weighted by Crippen LogP contribution is -2.26. The molecule has 0 radical (unpaired) electrons. The van der Waals surface area contributed by atoms with E-state index in [0.717, 1.165) is 29.3 Å². The Morgan fingerprint density at radius 2 is 2.29 bits per heavy atom. The molecule has 1 unspecified atom stereocenters. The minimum atomic E-state index is -1.03. The highest BCUT2D eigenvalue weighted by Crippen LogP contribution is 2.24. The number of thioether (sulfide) groups is 1. The monoisotopic (exact) mass is 305 g/mol. The topological polar surface area (TPSA) is 62.5 Å². The second-order valence-corrected chi connectivity index (χ2v) is 6.82. The molecule has 0 aliphatic carbocycles. The lowest BCUT2D eigenvalue weighted by atomic mass is 10.1. The third-order valence-corrected chi connectivity index (χ3v) is 5.16. The zero-order valence-electron chi connectivity index (χ0n) is 11.8. The van der Waals surface area contributed by atoms with Crippen LogP contribution in [0, 0.1) is 0 Å². The summed E-state index contributed by atoms with van der Waals surface area (Å²) in [4.78, 5) is 10.9. The number of hydrogen-bond donors (Lipinski definition) is 2. The molecule has 1 aliphatic heterocycles. The van der Waals surface area contributed by atoms with Crippen LogP contribution in [-0.4, -0.2) is 28.6 Å². The first-order valence-corrected chi connectivity index (χ1v) is 8.35. The van der Waals surface area contributed by atoms with Gasteiger partial charge in [-0.3, -0.25) is 0 Å². The Morgan fingerprint density at radius 3 is 3.05 bits per heavy atom. The van der Waals surface area contributed by atoms with Gasteiger partial charge in [0.25, 0.3) is 0 Å². The van der Waals surface area contributed by atoms with Crippen molar-refractivity contribution in [2.24, 2.45) is 0 Å². The van der Waals surface area contributed by atoms with Gasteiger partial charge in [-0.05, 0) is 42.4 Å². The summed E-state index contributed by atoms with van der Waals surface area (Å²) in [6.45, 7) is 1.84. The maximum Gasteiger partial charge on any atom is 0.371 e. The number of benzene rings is 1. The van der Waals surface area contributed by atoms with Gasteiger partial charge in [-0.1, -0.05) is 12.5 Å². The van der Waals surface area contributed by atoms with Crippen molar-refractivity contribution >= 4 is 28.7 Å². The summed E-state index contributed by atoms with van der Waals surface area (Å²) >= 11 is 2.06. The molecule has 1 aliphatic rings. The van der Waals surface area contributed by atoms with E-state index in [2.05, 4.69) is 17.1 Å². The SMILES string of the molecule is O=C(O)c1cc2cc(CNCC3CCCCS3)ccc2o1. The molecule has 1 fully saturated rings. The van der Waals surface area contributed by atoms with Crippen LogP contribution in [0.5, 0.6) is 0 Å². The molecular formula is C16H19NO3S. The predicted molar refractivity (Wildman–Crippen MR) is 85.0 cm³/mol. The Balaban J connectivity index is 1.60. The maximum atomic E-state index is 10.9. The summed E-state index contributed by atoms with van der Waals surface area (Å²) in [5.41, 5.74) is 1.78. The number of carboxylic acids is 1. The third-order valence-electron chi connectivity index (χ3n) is 3.77. The van der Waals surface area contributed by atoms with E-state index >= 15 is 0 Å². The summed E-state index contributed by atoms with van der Waals surface area (Å²) in [6, 6.07) is 7.40. The fraction of sp³-hybridized carbons (Fsp3) is 0.438. The molecule has 1 saturated heterocycles. The van der Waals surface area contributed by atoms with E-state index in [9.17, 15) is 4.79 Å². The summed E-state index contributed by atoms with van der Waals surface area (Å²) in [6.07, 6.45) is 4.00. The first-order chi connectivity index (χ1) is 10.2. The molecule has 21 heavy (non-hydrogen) atoms. The number of carboxylic acid groups (broad SMARTS) is 1. The Hall–Kier alpha value is -1.46. The molecule has 0 amide bonds.